The molecule has 1 aromatic heterocycles. The first-order chi connectivity index (χ1) is 9.78. The molecule has 4 heteroatoms. The molecular formula is C16H21N3O. The van der Waals surface area contributed by atoms with E-state index < -0.39 is 0 Å². The fraction of sp³-hybridized carbons (Fsp3) is 0.438. The van der Waals surface area contributed by atoms with Crippen molar-refractivity contribution in [2.24, 2.45) is 0 Å². The molecule has 4 nitrogen and oxygen atoms in total. The summed E-state index contributed by atoms with van der Waals surface area (Å²) in [4.78, 5) is 9.38. The summed E-state index contributed by atoms with van der Waals surface area (Å²) in [5.74, 6) is 1.02. The zero-order valence-corrected chi connectivity index (χ0v) is 11.9. The smallest absolute Gasteiger partial charge is 0.136 e. The van der Waals surface area contributed by atoms with Gasteiger partial charge in [-0.05, 0) is 31.5 Å². The zero-order chi connectivity index (χ0) is 13.9. The molecule has 0 bridgehead atoms. The molecule has 0 saturated carbocycles. The predicted molar refractivity (Wildman–Crippen MR) is 82.0 cm³/mol. The van der Waals surface area contributed by atoms with E-state index in [2.05, 4.69) is 40.0 Å². The van der Waals surface area contributed by atoms with E-state index in [1.54, 1.807) is 0 Å². The van der Waals surface area contributed by atoms with E-state index in [-0.39, 0.29) is 6.61 Å². The fourth-order valence-electron chi connectivity index (χ4n) is 2.81. The second-order valence-corrected chi connectivity index (χ2v) is 5.46. The Morgan fingerprint density at radius 2 is 2.00 bits per heavy atom. The highest BCUT2D eigenvalue weighted by atomic mass is 16.3. The Labute approximate surface area is 119 Å². The summed E-state index contributed by atoms with van der Waals surface area (Å²) < 4.78 is 0. The van der Waals surface area contributed by atoms with Crippen molar-refractivity contribution in [3.05, 3.63) is 36.0 Å². The first-order valence-electron chi connectivity index (χ1n) is 7.21. The monoisotopic (exact) mass is 271 g/mol. The molecule has 0 atom stereocenters. The average Bonchev–Trinajstić information content (AvgIpc) is 2.71. The topological polar surface area (TPSA) is 39.6 Å². The van der Waals surface area contributed by atoms with Crippen molar-refractivity contribution in [1.29, 1.82) is 0 Å². The van der Waals surface area contributed by atoms with Crippen LogP contribution >= 0.6 is 0 Å². The van der Waals surface area contributed by atoms with Gasteiger partial charge < -0.3 is 14.9 Å². The molecule has 1 aromatic carbocycles. The largest absolute Gasteiger partial charge is 0.390 e. The van der Waals surface area contributed by atoms with E-state index in [0.717, 1.165) is 49.5 Å². The Morgan fingerprint density at radius 1 is 1.15 bits per heavy atom. The van der Waals surface area contributed by atoms with Crippen LogP contribution in [0.2, 0.25) is 0 Å². The van der Waals surface area contributed by atoms with Gasteiger partial charge in [-0.3, -0.25) is 0 Å². The fourth-order valence-corrected chi connectivity index (χ4v) is 2.81. The number of likely N-dealkylation sites (N-methyl/N-ethyl adjacent to an activating group) is 1. The predicted octanol–water partition coefficient (Wildman–Crippen LogP) is 1.87. The van der Waals surface area contributed by atoms with Gasteiger partial charge >= 0.3 is 0 Å². The highest BCUT2D eigenvalue weighted by molar-refractivity contribution is 5.92. The quantitative estimate of drug-likeness (QED) is 0.905. The number of anilines is 1. The molecule has 1 aliphatic rings. The molecule has 0 radical (unpaired) electrons. The summed E-state index contributed by atoms with van der Waals surface area (Å²) in [5.41, 5.74) is 0.747. The van der Waals surface area contributed by atoms with Gasteiger partial charge in [0.25, 0.3) is 0 Å². The number of aliphatic hydroxyl groups is 1. The molecule has 1 fully saturated rings. The van der Waals surface area contributed by atoms with E-state index in [0.29, 0.717) is 0 Å². The Morgan fingerprint density at radius 3 is 2.85 bits per heavy atom. The van der Waals surface area contributed by atoms with Gasteiger partial charge in [0, 0.05) is 25.0 Å². The van der Waals surface area contributed by atoms with Gasteiger partial charge in [-0.2, -0.15) is 0 Å². The van der Waals surface area contributed by atoms with Crippen LogP contribution in [0.4, 0.5) is 5.82 Å². The van der Waals surface area contributed by atoms with Crippen LogP contribution in [0.5, 0.6) is 0 Å². The Kier molecular flexibility index (Phi) is 3.85. The van der Waals surface area contributed by atoms with Crippen molar-refractivity contribution < 1.29 is 5.11 Å². The van der Waals surface area contributed by atoms with Gasteiger partial charge in [-0.25, -0.2) is 4.98 Å². The van der Waals surface area contributed by atoms with Crippen molar-refractivity contribution in [2.45, 2.75) is 13.0 Å². The first kappa shape index (κ1) is 13.3. The van der Waals surface area contributed by atoms with Crippen LogP contribution in [-0.2, 0) is 6.61 Å². The third-order valence-corrected chi connectivity index (χ3v) is 3.95. The van der Waals surface area contributed by atoms with E-state index >= 15 is 0 Å². The number of fused-ring (bicyclic) bond motifs is 1. The molecule has 1 aliphatic heterocycles. The molecule has 2 heterocycles. The van der Waals surface area contributed by atoms with E-state index in [1.807, 2.05) is 12.1 Å². The second-order valence-electron chi connectivity index (χ2n) is 5.46. The minimum absolute atomic E-state index is 0.00836. The number of hydrogen-bond donors (Lipinski definition) is 1. The number of rotatable bonds is 2. The number of pyridine rings is 1. The molecule has 0 aliphatic carbocycles. The van der Waals surface area contributed by atoms with Crippen LogP contribution in [-0.4, -0.2) is 48.2 Å². The molecule has 20 heavy (non-hydrogen) atoms. The summed E-state index contributed by atoms with van der Waals surface area (Å²) in [6, 6.07) is 10.3. The van der Waals surface area contributed by atoms with Crippen LogP contribution in [0.25, 0.3) is 10.8 Å². The number of hydrogen-bond acceptors (Lipinski definition) is 4. The summed E-state index contributed by atoms with van der Waals surface area (Å²) in [6.45, 7) is 4.19. The minimum Gasteiger partial charge on any atom is -0.390 e. The highest BCUT2D eigenvalue weighted by Gasteiger charge is 2.16. The molecule has 0 unspecified atom stereocenters. The number of aromatic nitrogens is 1. The van der Waals surface area contributed by atoms with Crippen LogP contribution in [0.1, 0.15) is 12.1 Å². The maximum atomic E-state index is 9.43. The lowest BCUT2D eigenvalue weighted by atomic mass is 10.1. The Hall–Kier alpha value is -1.65. The van der Waals surface area contributed by atoms with Crippen molar-refractivity contribution >= 4 is 16.6 Å². The Bertz CT molecular complexity index is 599. The lowest BCUT2D eigenvalue weighted by molar-refractivity contribution is 0.277. The lowest BCUT2D eigenvalue weighted by Gasteiger charge is -2.23. The van der Waals surface area contributed by atoms with Gasteiger partial charge in [-0.1, -0.05) is 24.3 Å². The molecule has 0 amide bonds. The standard InChI is InChI=1S/C16H21N3O/c1-18-7-4-8-19(10-9-18)16-15-6-3-2-5-13(15)11-14(12-20)17-16/h2-3,5-6,11,20H,4,7-10,12H2,1H3. The van der Waals surface area contributed by atoms with Crippen molar-refractivity contribution in [2.75, 3.05) is 38.1 Å². The maximum absolute atomic E-state index is 9.43. The summed E-state index contributed by atoms with van der Waals surface area (Å²) in [7, 11) is 2.17. The van der Waals surface area contributed by atoms with Gasteiger partial charge in [0.05, 0.1) is 12.3 Å². The number of aliphatic hydroxyl groups excluding tert-OH is 1. The van der Waals surface area contributed by atoms with Crippen LogP contribution < -0.4 is 4.90 Å². The van der Waals surface area contributed by atoms with Gasteiger partial charge in [0.1, 0.15) is 5.82 Å². The van der Waals surface area contributed by atoms with E-state index in [9.17, 15) is 5.11 Å². The van der Waals surface area contributed by atoms with Gasteiger partial charge in [-0.15, -0.1) is 0 Å². The molecule has 2 aromatic rings. The molecule has 106 valence electrons. The molecule has 1 N–H and O–H groups in total. The molecule has 3 rings (SSSR count). The van der Waals surface area contributed by atoms with Crippen molar-refractivity contribution in [1.82, 2.24) is 9.88 Å². The zero-order valence-electron chi connectivity index (χ0n) is 11.9. The normalized spacial score (nSPS) is 17.4. The van der Waals surface area contributed by atoms with E-state index in [4.69, 9.17) is 0 Å². The molecule has 0 spiro atoms. The molecule has 1 saturated heterocycles. The van der Waals surface area contributed by atoms with Crippen LogP contribution in [0.3, 0.4) is 0 Å². The van der Waals surface area contributed by atoms with Gasteiger partial charge in [0.15, 0.2) is 0 Å². The van der Waals surface area contributed by atoms with Gasteiger partial charge in [0.2, 0.25) is 0 Å². The summed E-state index contributed by atoms with van der Waals surface area (Å²) in [6.07, 6.45) is 1.15. The third-order valence-electron chi connectivity index (χ3n) is 3.95. The van der Waals surface area contributed by atoms with Crippen LogP contribution in [0, 0.1) is 0 Å². The van der Waals surface area contributed by atoms with E-state index in [1.165, 1.54) is 5.39 Å². The summed E-state index contributed by atoms with van der Waals surface area (Å²) >= 11 is 0. The number of nitrogens with zero attached hydrogens (tertiary/aromatic N) is 3. The maximum Gasteiger partial charge on any atom is 0.136 e. The Balaban J connectivity index is 2.04. The minimum atomic E-state index is -0.00836. The SMILES string of the molecule is CN1CCCN(c2nc(CO)cc3ccccc23)CC1. The molecular weight excluding hydrogens is 250 g/mol. The average molecular weight is 271 g/mol. The lowest BCUT2D eigenvalue weighted by Crippen LogP contribution is -2.29. The first-order valence-corrected chi connectivity index (χ1v) is 7.21. The van der Waals surface area contributed by atoms with Crippen molar-refractivity contribution in [3.8, 4) is 0 Å². The highest BCUT2D eigenvalue weighted by Crippen LogP contribution is 2.26. The summed E-state index contributed by atoms with van der Waals surface area (Å²) in [5, 5.41) is 11.8. The van der Waals surface area contributed by atoms with Crippen LogP contribution in [0.15, 0.2) is 30.3 Å². The number of benzene rings is 1. The van der Waals surface area contributed by atoms with Crippen molar-refractivity contribution in [3.63, 3.8) is 0 Å². The second kappa shape index (κ2) is 5.77. The third kappa shape index (κ3) is 2.62.